The van der Waals surface area contributed by atoms with Crippen molar-refractivity contribution in [3.63, 3.8) is 0 Å². The minimum Gasteiger partial charge on any atom is -0.368 e. The molecule has 2 saturated heterocycles. The number of unbranched alkanes of at least 4 members (excludes halogenated alkanes) is 1. The van der Waals surface area contributed by atoms with Crippen molar-refractivity contribution in [3.8, 4) is 0 Å². The van der Waals surface area contributed by atoms with Crippen molar-refractivity contribution < 1.29 is 14.4 Å². The molecule has 0 unspecified atom stereocenters. The Morgan fingerprint density at radius 1 is 1.50 bits per heavy atom. The van der Waals surface area contributed by atoms with Gasteiger partial charge in [-0.05, 0) is 32.2 Å². The molecule has 7 heteroatoms. The lowest BCUT2D eigenvalue weighted by molar-refractivity contribution is -0.139. The van der Waals surface area contributed by atoms with Crippen LogP contribution in [0, 0.1) is 0 Å². The molecule has 2 aliphatic heterocycles. The van der Waals surface area contributed by atoms with Gasteiger partial charge in [0, 0.05) is 6.54 Å². The van der Waals surface area contributed by atoms with E-state index in [2.05, 4.69) is 17.6 Å². The van der Waals surface area contributed by atoms with Crippen molar-refractivity contribution >= 4 is 17.7 Å². The van der Waals surface area contributed by atoms with Crippen molar-refractivity contribution in [2.75, 3.05) is 19.6 Å². The summed E-state index contributed by atoms with van der Waals surface area (Å²) in [6, 6.07) is -0.212. The minimum atomic E-state index is -0.868. The standard InChI is InChI=1S/C15H26N4O3/c1-2-3-6-15(18-13(21)11-5-4-8-17-11)7-9-19(14(15)22)10-12(16)20/h11,17H,2-10H2,1H3,(H2,16,20)(H,18,21)/t11-,15+/m0/s1. The summed E-state index contributed by atoms with van der Waals surface area (Å²) in [6.07, 6.45) is 4.72. The highest BCUT2D eigenvalue weighted by molar-refractivity contribution is 5.96. The van der Waals surface area contributed by atoms with Crippen LogP contribution < -0.4 is 16.4 Å². The number of nitrogens with one attached hydrogen (secondary N) is 2. The maximum absolute atomic E-state index is 12.7. The number of likely N-dealkylation sites (tertiary alicyclic amines) is 1. The van der Waals surface area contributed by atoms with E-state index in [1.165, 1.54) is 4.90 Å². The molecule has 2 rings (SSSR count). The Balaban J connectivity index is 2.08. The molecule has 0 radical (unpaired) electrons. The lowest BCUT2D eigenvalue weighted by atomic mass is 9.90. The van der Waals surface area contributed by atoms with Gasteiger partial charge < -0.3 is 21.3 Å². The fourth-order valence-electron chi connectivity index (χ4n) is 3.30. The summed E-state index contributed by atoms with van der Waals surface area (Å²) in [4.78, 5) is 37.7. The molecular weight excluding hydrogens is 284 g/mol. The van der Waals surface area contributed by atoms with E-state index in [9.17, 15) is 14.4 Å². The van der Waals surface area contributed by atoms with E-state index >= 15 is 0 Å². The smallest absolute Gasteiger partial charge is 0.248 e. The molecule has 0 aromatic heterocycles. The first-order valence-corrected chi connectivity index (χ1v) is 8.11. The van der Waals surface area contributed by atoms with E-state index in [0.29, 0.717) is 19.4 Å². The topological polar surface area (TPSA) is 105 Å². The van der Waals surface area contributed by atoms with Crippen LogP contribution in [0.2, 0.25) is 0 Å². The third kappa shape index (κ3) is 3.58. The van der Waals surface area contributed by atoms with Gasteiger partial charge in [-0.15, -0.1) is 0 Å². The molecule has 0 spiro atoms. The molecular formula is C15H26N4O3. The average Bonchev–Trinajstić information content (AvgIpc) is 3.09. The first-order chi connectivity index (χ1) is 10.5. The highest BCUT2D eigenvalue weighted by Gasteiger charge is 2.48. The molecule has 2 aliphatic rings. The van der Waals surface area contributed by atoms with E-state index in [4.69, 9.17) is 5.73 Å². The van der Waals surface area contributed by atoms with Gasteiger partial charge in [0.15, 0.2) is 0 Å². The van der Waals surface area contributed by atoms with Gasteiger partial charge in [-0.3, -0.25) is 14.4 Å². The van der Waals surface area contributed by atoms with Crippen LogP contribution in [0.25, 0.3) is 0 Å². The van der Waals surface area contributed by atoms with Gasteiger partial charge in [0.2, 0.25) is 17.7 Å². The zero-order valence-corrected chi connectivity index (χ0v) is 13.2. The van der Waals surface area contributed by atoms with Crippen LogP contribution in [0.5, 0.6) is 0 Å². The Morgan fingerprint density at radius 3 is 2.86 bits per heavy atom. The average molecular weight is 310 g/mol. The summed E-state index contributed by atoms with van der Waals surface area (Å²) in [7, 11) is 0. The molecule has 3 amide bonds. The first kappa shape index (κ1) is 16.7. The van der Waals surface area contributed by atoms with Crippen molar-refractivity contribution in [2.45, 2.75) is 57.0 Å². The highest BCUT2D eigenvalue weighted by Crippen LogP contribution is 2.29. The number of rotatable bonds is 7. The van der Waals surface area contributed by atoms with Gasteiger partial charge in [-0.2, -0.15) is 0 Å². The van der Waals surface area contributed by atoms with Gasteiger partial charge >= 0.3 is 0 Å². The van der Waals surface area contributed by atoms with Crippen LogP contribution in [0.4, 0.5) is 0 Å². The maximum atomic E-state index is 12.7. The van der Waals surface area contributed by atoms with Crippen LogP contribution in [0.1, 0.15) is 45.4 Å². The second-order valence-electron chi connectivity index (χ2n) is 6.27. The van der Waals surface area contributed by atoms with Crippen LogP contribution in [-0.2, 0) is 14.4 Å². The second-order valence-corrected chi connectivity index (χ2v) is 6.27. The predicted octanol–water partition coefficient (Wildman–Crippen LogP) is -0.499. The quantitative estimate of drug-likeness (QED) is 0.589. The van der Waals surface area contributed by atoms with Gasteiger partial charge in [0.05, 0.1) is 12.6 Å². The SMILES string of the molecule is CCCC[C@@]1(NC(=O)[C@@H]2CCCN2)CCN(CC(N)=O)C1=O. The zero-order valence-electron chi connectivity index (χ0n) is 13.2. The van der Waals surface area contributed by atoms with E-state index in [0.717, 1.165) is 32.2 Å². The second kappa shape index (κ2) is 7.09. The summed E-state index contributed by atoms with van der Waals surface area (Å²) < 4.78 is 0. The highest BCUT2D eigenvalue weighted by atomic mass is 16.2. The zero-order chi connectivity index (χ0) is 16.2. The van der Waals surface area contributed by atoms with Crippen LogP contribution >= 0.6 is 0 Å². The molecule has 2 heterocycles. The summed E-state index contributed by atoms with van der Waals surface area (Å²) in [5.41, 5.74) is 4.33. The summed E-state index contributed by atoms with van der Waals surface area (Å²) >= 11 is 0. The molecule has 0 aromatic carbocycles. The monoisotopic (exact) mass is 310 g/mol. The Bertz CT molecular complexity index is 448. The van der Waals surface area contributed by atoms with Gasteiger partial charge in [-0.1, -0.05) is 19.8 Å². The molecule has 0 aromatic rings. The first-order valence-electron chi connectivity index (χ1n) is 8.11. The van der Waals surface area contributed by atoms with Crippen LogP contribution in [0.15, 0.2) is 0 Å². The molecule has 2 fully saturated rings. The number of hydrogen-bond donors (Lipinski definition) is 3. The summed E-state index contributed by atoms with van der Waals surface area (Å²) in [5.74, 6) is -0.808. The number of nitrogens with two attached hydrogens (primary N) is 1. The third-order valence-electron chi connectivity index (χ3n) is 4.55. The molecule has 7 nitrogen and oxygen atoms in total. The maximum Gasteiger partial charge on any atom is 0.248 e. The Kier molecular flexibility index (Phi) is 5.39. The molecule has 124 valence electrons. The minimum absolute atomic E-state index is 0.0791. The normalized spacial score (nSPS) is 28.1. The number of primary amides is 1. The predicted molar refractivity (Wildman–Crippen MR) is 81.8 cm³/mol. The van der Waals surface area contributed by atoms with Crippen molar-refractivity contribution in [3.05, 3.63) is 0 Å². The fraction of sp³-hybridized carbons (Fsp3) is 0.800. The van der Waals surface area contributed by atoms with Gasteiger partial charge in [0.1, 0.15) is 5.54 Å². The molecule has 0 bridgehead atoms. The molecule has 0 saturated carbocycles. The molecule has 2 atom stereocenters. The van der Waals surface area contributed by atoms with Crippen molar-refractivity contribution in [2.24, 2.45) is 5.73 Å². The number of hydrogen-bond acceptors (Lipinski definition) is 4. The number of carbonyl (C=O) groups excluding carboxylic acids is 3. The number of carbonyl (C=O) groups is 3. The third-order valence-corrected chi connectivity index (χ3v) is 4.55. The molecule has 0 aliphatic carbocycles. The van der Waals surface area contributed by atoms with E-state index < -0.39 is 11.4 Å². The van der Waals surface area contributed by atoms with Gasteiger partial charge in [-0.25, -0.2) is 0 Å². The Morgan fingerprint density at radius 2 is 2.27 bits per heavy atom. The number of nitrogens with zero attached hydrogens (tertiary/aromatic N) is 1. The lowest BCUT2D eigenvalue weighted by Gasteiger charge is -2.30. The van der Waals surface area contributed by atoms with Crippen LogP contribution in [0.3, 0.4) is 0 Å². The largest absolute Gasteiger partial charge is 0.368 e. The summed E-state index contributed by atoms with van der Waals surface area (Å²) in [6.45, 7) is 3.27. The fourth-order valence-corrected chi connectivity index (χ4v) is 3.30. The molecule has 22 heavy (non-hydrogen) atoms. The van der Waals surface area contributed by atoms with E-state index in [1.54, 1.807) is 0 Å². The van der Waals surface area contributed by atoms with Crippen molar-refractivity contribution in [1.29, 1.82) is 0 Å². The number of amides is 3. The van der Waals surface area contributed by atoms with E-state index in [-0.39, 0.29) is 24.4 Å². The van der Waals surface area contributed by atoms with Crippen LogP contribution in [-0.4, -0.2) is 53.8 Å². The Hall–Kier alpha value is -1.63. The van der Waals surface area contributed by atoms with Crippen molar-refractivity contribution in [1.82, 2.24) is 15.5 Å². The lowest BCUT2D eigenvalue weighted by Crippen LogP contribution is -2.58. The summed E-state index contributed by atoms with van der Waals surface area (Å²) in [5, 5.41) is 6.13. The Labute approximate surface area is 131 Å². The van der Waals surface area contributed by atoms with E-state index in [1.807, 2.05) is 0 Å². The molecule has 4 N–H and O–H groups in total. The van der Waals surface area contributed by atoms with Gasteiger partial charge in [0.25, 0.3) is 0 Å².